The van der Waals surface area contributed by atoms with Crippen LogP contribution in [0.1, 0.15) is 20.8 Å². The largest absolute Gasteiger partial charge is 0.317 e. The van der Waals surface area contributed by atoms with Crippen molar-refractivity contribution in [3.8, 4) is 0 Å². The number of carbonyl (C=O) groups is 2. The fourth-order valence-corrected chi connectivity index (χ4v) is 3.73. The number of fused-ring (bicyclic) bond motifs is 1. The maximum Gasteiger partial charge on any atom is 0.287 e. The summed E-state index contributed by atoms with van der Waals surface area (Å²) in [4.78, 5) is 30.5. The molecule has 32 heavy (non-hydrogen) atoms. The number of hydrogen-bond donors (Lipinski definition) is 2. The number of amides is 2. The van der Waals surface area contributed by atoms with Gasteiger partial charge in [0.25, 0.3) is 11.8 Å². The lowest BCUT2D eigenvalue weighted by atomic mass is 10.2. The predicted molar refractivity (Wildman–Crippen MR) is 129 cm³/mol. The summed E-state index contributed by atoms with van der Waals surface area (Å²) >= 11 is 7.67. The Hall–Kier alpha value is -3.81. The van der Waals surface area contributed by atoms with E-state index in [1.807, 2.05) is 53.9 Å². The molecule has 4 aromatic rings. The molecular weight excluding hydrogens is 444 g/mol. The molecule has 2 heterocycles. The number of para-hydroxylation sites is 1. The van der Waals surface area contributed by atoms with Crippen molar-refractivity contribution in [2.75, 3.05) is 0 Å². The molecule has 0 aliphatic carbocycles. The van der Waals surface area contributed by atoms with E-state index in [2.05, 4.69) is 20.8 Å². The van der Waals surface area contributed by atoms with Gasteiger partial charge >= 0.3 is 0 Å². The monoisotopic (exact) mass is 460 g/mol. The fourth-order valence-electron chi connectivity index (χ4n) is 2.88. The fraction of sp³-hybridized carbons (Fsp3) is 0. The van der Waals surface area contributed by atoms with E-state index in [-0.39, 0.29) is 10.9 Å². The van der Waals surface area contributed by atoms with E-state index in [9.17, 15) is 9.59 Å². The van der Waals surface area contributed by atoms with Gasteiger partial charge in [-0.25, -0.2) is 10.4 Å². The summed E-state index contributed by atoms with van der Waals surface area (Å²) in [5.41, 5.74) is 4.28. The maximum absolute atomic E-state index is 12.8. The minimum atomic E-state index is -0.566. The highest BCUT2D eigenvalue weighted by molar-refractivity contribution is 7.10. The lowest BCUT2D eigenvalue weighted by molar-refractivity contribution is -0.117. The molecule has 0 bridgehead atoms. The lowest BCUT2D eigenvalue weighted by Gasteiger charge is -2.09. The van der Waals surface area contributed by atoms with Crippen LogP contribution >= 0.6 is 22.9 Å². The van der Waals surface area contributed by atoms with Gasteiger partial charge in [-0.3, -0.25) is 9.59 Å². The molecule has 2 N–H and O–H groups in total. The Labute approximate surface area is 193 Å². The Kier molecular flexibility index (Phi) is 6.69. The van der Waals surface area contributed by atoms with Crippen LogP contribution in [-0.2, 0) is 4.79 Å². The molecule has 0 aliphatic rings. The number of carbonyl (C=O) groups excluding carboxylic acids is 2. The Morgan fingerprint density at radius 3 is 2.56 bits per heavy atom. The van der Waals surface area contributed by atoms with Crippen LogP contribution in [-0.4, -0.2) is 23.0 Å². The number of aromatic nitrogens is 1. The Morgan fingerprint density at radius 1 is 1.00 bits per heavy atom. The molecule has 6 nitrogen and oxygen atoms in total. The Balaban J connectivity index is 1.52. The molecule has 2 amide bonds. The lowest BCUT2D eigenvalue weighted by Crippen LogP contribution is -2.32. The number of thiophene rings is 1. The molecule has 0 saturated carbocycles. The number of nitrogens with zero attached hydrogens (tertiary/aromatic N) is 2. The number of halogens is 1. The first-order valence-corrected chi connectivity index (χ1v) is 10.9. The third-order valence-corrected chi connectivity index (χ3v) is 5.55. The van der Waals surface area contributed by atoms with Gasteiger partial charge in [0.05, 0.1) is 11.7 Å². The van der Waals surface area contributed by atoms with Crippen molar-refractivity contribution >= 4 is 57.9 Å². The summed E-state index contributed by atoms with van der Waals surface area (Å²) in [7, 11) is 0. The molecule has 158 valence electrons. The third kappa shape index (κ3) is 5.26. The van der Waals surface area contributed by atoms with E-state index < -0.39 is 11.8 Å². The molecule has 0 unspecified atom stereocenters. The topological polar surface area (TPSA) is 83.4 Å². The molecule has 0 saturated heterocycles. The van der Waals surface area contributed by atoms with Crippen LogP contribution in [0.3, 0.4) is 0 Å². The second-order valence-electron chi connectivity index (χ2n) is 6.65. The molecule has 0 fully saturated rings. The molecule has 2 aromatic carbocycles. The summed E-state index contributed by atoms with van der Waals surface area (Å²) < 4.78 is 0. The van der Waals surface area contributed by atoms with Gasteiger partial charge in [0.1, 0.15) is 10.9 Å². The van der Waals surface area contributed by atoms with E-state index in [1.165, 1.54) is 17.6 Å². The van der Waals surface area contributed by atoms with Crippen molar-refractivity contribution in [2.45, 2.75) is 0 Å². The molecule has 0 radical (unpaired) electrons. The summed E-state index contributed by atoms with van der Waals surface area (Å²) in [5.74, 6) is -0.960. The van der Waals surface area contributed by atoms with Gasteiger partial charge in [0, 0.05) is 21.4 Å². The Bertz CT molecular complexity index is 1320. The van der Waals surface area contributed by atoms with Gasteiger partial charge < -0.3 is 5.32 Å². The second kappa shape index (κ2) is 10.00. The average molecular weight is 461 g/mol. The van der Waals surface area contributed by atoms with Gasteiger partial charge in [-0.2, -0.15) is 5.10 Å². The summed E-state index contributed by atoms with van der Waals surface area (Å²) in [6.07, 6.45) is 3.02. The first kappa shape index (κ1) is 21.4. The van der Waals surface area contributed by atoms with E-state index in [0.717, 1.165) is 15.8 Å². The average Bonchev–Trinajstić information content (AvgIpc) is 3.32. The maximum atomic E-state index is 12.8. The number of benzene rings is 2. The van der Waals surface area contributed by atoms with Crippen molar-refractivity contribution in [1.29, 1.82) is 0 Å². The number of rotatable bonds is 6. The third-order valence-electron chi connectivity index (χ3n) is 4.43. The zero-order chi connectivity index (χ0) is 22.3. The summed E-state index contributed by atoms with van der Waals surface area (Å²) in [6, 6.07) is 21.7. The molecule has 0 aliphatic heterocycles. The first-order chi connectivity index (χ1) is 15.6. The number of nitrogens with one attached hydrogen (secondary N) is 2. The normalized spacial score (nSPS) is 11.6. The van der Waals surface area contributed by atoms with Crippen LogP contribution in [0.25, 0.3) is 17.0 Å². The first-order valence-electron chi connectivity index (χ1n) is 9.60. The van der Waals surface area contributed by atoms with Gasteiger partial charge in [0.15, 0.2) is 0 Å². The van der Waals surface area contributed by atoms with Gasteiger partial charge in [-0.1, -0.05) is 54.1 Å². The van der Waals surface area contributed by atoms with Crippen LogP contribution in [0.2, 0.25) is 5.15 Å². The number of hydrazone groups is 1. The van der Waals surface area contributed by atoms with Gasteiger partial charge in [-0.15, -0.1) is 11.3 Å². The van der Waals surface area contributed by atoms with Crippen molar-refractivity contribution in [2.24, 2.45) is 5.10 Å². The van der Waals surface area contributed by atoms with E-state index in [0.29, 0.717) is 11.1 Å². The van der Waals surface area contributed by atoms with Crippen molar-refractivity contribution in [3.05, 3.63) is 105 Å². The molecule has 0 spiro atoms. The smallest absolute Gasteiger partial charge is 0.287 e. The molecular formula is C24H17ClN4O2S. The highest BCUT2D eigenvalue weighted by Gasteiger charge is 2.14. The standard InChI is InChI=1S/C24H17ClN4O2S/c25-22-18(13-17-9-4-5-11-20(17)27-22)15-26-29-24(31)21(14-19-10-6-12-32-19)28-23(30)16-7-2-1-3-8-16/h1-15H,(H,28,30)(H,29,31). The van der Waals surface area contributed by atoms with E-state index >= 15 is 0 Å². The minimum Gasteiger partial charge on any atom is -0.317 e. The number of hydrogen-bond acceptors (Lipinski definition) is 5. The van der Waals surface area contributed by atoms with Gasteiger partial charge in [0.2, 0.25) is 0 Å². The van der Waals surface area contributed by atoms with Crippen LogP contribution < -0.4 is 10.7 Å². The van der Waals surface area contributed by atoms with Crippen molar-refractivity contribution in [1.82, 2.24) is 15.7 Å². The molecule has 0 atom stereocenters. The van der Waals surface area contributed by atoms with Crippen LogP contribution in [0.5, 0.6) is 0 Å². The van der Waals surface area contributed by atoms with Crippen molar-refractivity contribution in [3.63, 3.8) is 0 Å². The highest BCUT2D eigenvalue weighted by atomic mass is 35.5. The van der Waals surface area contributed by atoms with E-state index in [1.54, 1.807) is 30.3 Å². The quantitative estimate of drug-likeness (QED) is 0.186. The van der Waals surface area contributed by atoms with Crippen LogP contribution in [0.4, 0.5) is 0 Å². The number of pyridine rings is 1. The van der Waals surface area contributed by atoms with Crippen LogP contribution in [0, 0.1) is 0 Å². The van der Waals surface area contributed by atoms with E-state index in [4.69, 9.17) is 11.6 Å². The summed E-state index contributed by atoms with van der Waals surface area (Å²) in [6.45, 7) is 0. The Morgan fingerprint density at radius 2 is 1.78 bits per heavy atom. The SMILES string of the molecule is O=C(NN=Cc1cc2ccccc2nc1Cl)C(=Cc1cccs1)NC(=O)c1ccccc1. The highest BCUT2D eigenvalue weighted by Crippen LogP contribution is 2.19. The molecule has 4 rings (SSSR count). The zero-order valence-electron chi connectivity index (χ0n) is 16.7. The molecule has 8 heteroatoms. The van der Waals surface area contributed by atoms with Crippen LogP contribution in [0.15, 0.2) is 89.0 Å². The second-order valence-corrected chi connectivity index (χ2v) is 7.99. The van der Waals surface area contributed by atoms with Gasteiger partial charge in [-0.05, 0) is 41.8 Å². The predicted octanol–water partition coefficient (Wildman–Crippen LogP) is 4.87. The molecule has 2 aromatic heterocycles. The zero-order valence-corrected chi connectivity index (χ0v) is 18.2. The minimum absolute atomic E-state index is 0.0705. The summed E-state index contributed by atoms with van der Waals surface area (Å²) in [5, 5.41) is 9.72. The van der Waals surface area contributed by atoms with Crippen molar-refractivity contribution < 1.29 is 9.59 Å².